The summed E-state index contributed by atoms with van der Waals surface area (Å²) in [4.78, 5) is -0.337. The molecule has 0 N–H and O–H groups in total. The number of hydrogen-bond acceptors (Lipinski definition) is 5. The Bertz CT molecular complexity index is 516. The molecule has 0 aliphatic rings. The molecule has 0 bridgehead atoms. The van der Waals surface area contributed by atoms with Crippen molar-refractivity contribution in [2.45, 2.75) is 44.4 Å². The van der Waals surface area contributed by atoms with Gasteiger partial charge in [0.15, 0.2) is 0 Å². The van der Waals surface area contributed by atoms with E-state index in [9.17, 15) is 13.0 Å². The Labute approximate surface area is 169 Å². The number of hydrogen-bond donors (Lipinski definition) is 0. The molecule has 7 heteroatoms. The van der Waals surface area contributed by atoms with E-state index in [0.717, 1.165) is 25.7 Å². The van der Waals surface area contributed by atoms with Crippen LogP contribution < -0.4 is 60.9 Å². The van der Waals surface area contributed by atoms with Crippen LogP contribution in [0.1, 0.15) is 39.5 Å². The van der Waals surface area contributed by atoms with Crippen LogP contribution in [0, 0.1) is 0 Å². The molecule has 0 saturated carbocycles. The van der Waals surface area contributed by atoms with Gasteiger partial charge in [-0.25, -0.2) is 8.42 Å². The Morgan fingerprint density at radius 2 is 1.62 bits per heavy atom. The first-order chi connectivity index (χ1) is 9.49. The first kappa shape index (κ1) is 21.4. The fourth-order valence-electron chi connectivity index (χ4n) is 1.56. The molecule has 21 heavy (non-hydrogen) atoms. The van der Waals surface area contributed by atoms with Gasteiger partial charge in [-0.3, -0.25) is 0 Å². The third-order valence-electron chi connectivity index (χ3n) is 2.71. The number of rotatable bonds is 9. The van der Waals surface area contributed by atoms with Crippen molar-refractivity contribution in [3.8, 4) is 11.5 Å². The molecule has 0 saturated heterocycles. The van der Waals surface area contributed by atoms with Gasteiger partial charge >= 0.3 is 51.4 Å². The van der Waals surface area contributed by atoms with Crippen molar-refractivity contribution < 1.29 is 73.8 Å². The number of ether oxygens (including phenoxy) is 2. The summed E-state index contributed by atoms with van der Waals surface area (Å²) in [5.74, 6) is 0.583. The van der Waals surface area contributed by atoms with Crippen molar-refractivity contribution >= 4 is 10.1 Å². The molecule has 114 valence electrons. The van der Waals surface area contributed by atoms with Gasteiger partial charge in [0.05, 0.1) is 18.1 Å². The molecule has 0 amide bonds. The van der Waals surface area contributed by atoms with Crippen molar-refractivity contribution in [3.63, 3.8) is 0 Å². The average Bonchev–Trinajstić information content (AvgIpc) is 2.38. The fraction of sp³-hybridized carbons (Fsp3) is 0.571. The molecule has 0 atom stereocenters. The molecule has 0 aliphatic carbocycles. The molecule has 0 spiro atoms. The second-order valence-corrected chi connectivity index (χ2v) is 5.81. The van der Waals surface area contributed by atoms with E-state index in [-0.39, 0.29) is 62.0 Å². The van der Waals surface area contributed by atoms with E-state index in [4.69, 9.17) is 9.47 Å². The second-order valence-electron chi connectivity index (χ2n) is 4.47. The molecule has 1 rings (SSSR count). The maximum absolute atomic E-state index is 11.2. The minimum atomic E-state index is -4.54. The van der Waals surface area contributed by atoms with Gasteiger partial charge in [0.25, 0.3) is 0 Å². The summed E-state index contributed by atoms with van der Waals surface area (Å²) in [6, 6.07) is 4.19. The van der Waals surface area contributed by atoms with E-state index < -0.39 is 10.1 Å². The maximum atomic E-state index is 11.2. The second kappa shape index (κ2) is 11.0. The topological polar surface area (TPSA) is 75.7 Å². The summed E-state index contributed by atoms with van der Waals surface area (Å²) in [6.45, 7) is 4.97. The van der Waals surface area contributed by atoms with E-state index >= 15 is 0 Å². The van der Waals surface area contributed by atoms with Crippen molar-refractivity contribution in [2.75, 3.05) is 13.2 Å². The predicted octanol–water partition coefficient (Wildman–Crippen LogP) is -0.0475. The molecule has 0 fully saturated rings. The van der Waals surface area contributed by atoms with Gasteiger partial charge in [-0.2, -0.15) is 0 Å². The predicted molar refractivity (Wildman–Crippen MR) is 75.2 cm³/mol. The molecule has 0 heterocycles. The quantitative estimate of drug-likeness (QED) is 0.358. The molecule has 1 aromatic rings. The minimum Gasteiger partial charge on any atom is -0.744 e. The van der Waals surface area contributed by atoms with E-state index in [1.165, 1.54) is 18.2 Å². The van der Waals surface area contributed by atoms with Crippen LogP contribution in [0.5, 0.6) is 11.5 Å². The van der Waals surface area contributed by atoms with Crippen molar-refractivity contribution in [2.24, 2.45) is 0 Å². The standard InChI is InChI=1S/C14H22O5S.K/c1-3-5-9-18-12-7-8-14(20(15,16)17)13(11-12)19-10-6-4-2;/h7-8,11H,3-6,9-10H2,1-2H3,(H,15,16,17);/q;+1/p-1. The van der Waals surface area contributed by atoms with Crippen LogP contribution >= 0.6 is 0 Å². The van der Waals surface area contributed by atoms with Crippen LogP contribution in [0.3, 0.4) is 0 Å². The van der Waals surface area contributed by atoms with E-state index in [1.807, 2.05) is 6.92 Å². The zero-order chi connectivity index (χ0) is 15.0. The van der Waals surface area contributed by atoms with Gasteiger partial charge in [0.1, 0.15) is 21.6 Å². The van der Waals surface area contributed by atoms with Crippen molar-refractivity contribution in [1.29, 1.82) is 0 Å². The summed E-state index contributed by atoms with van der Waals surface area (Å²) < 4.78 is 44.4. The van der Waals surface area contributed by atoms with Gasteiger partial charge < -0.3 is 14.0 Å². The monoisotopic (exact) mass is 340 g/mol. The molecule has 0 aromatic heterocycles. The molecule has 0 unspecified atom stereocenters. The van der Waals surface area contributed by atoms with Crippen LogP contribution in [-0.2, 0) is 10.1 Å². The zero-order valence-corrected chi connectivity index (χ0v) is 16.9. The normalized spacial score (nSPS) is 10.8. The number of unbranched alkanes of at least 4 members (excludes halogenated alkanes) is 2. The van der Waals surface area contributed by atoms with E-state index in [0.29, 0.717) is 19.0 Å². The molecule has 0 aliphatic heterocycles. The first-order valence-electron chi connectivity index (χ1n) is 6.84. The van der Waals surface area contributed by atoms with Crippen LogP contribution in [0.15, 0.2) is 23.1 Å². The minimum absolute atomic E-state index is 0. The Balaban J connectivity index is 0.00000400. The Morgan fingerprint density at radius 3 is 2.14 bits per heavy atom. The van der Waals surface area contributed by atoms with Crippen LogP contribution in [0.4, 0.5) is 0 Å². The van der Waals surface area contributed by atoms with Crippen LogP contribution in [0.25, 0.3) is 0 Å². The van der Waals surface area contributed by atoms with E-state index in [2.05, 4.69) is 6.92 Å². The van der Waals surface area contributed by atoms with Crippen LogP contribution in [0.2, 0.25) is 0 Å². The van der Waals surface area contributed by atoms with Crippen LogP contribution in [-0.4, -0.2) is 26.2 Å². The SMILES string of the molecule is CCCCOc1ccc(S(=O)(=O)[O-])c(OCCCC)c1.[K+]. The fourth-order valence-corrected chi connectivity index (χ4v) is 2.16. The van der Waals surface area contributed by atoms with Gasteiger partial charge in [-0.05, 0) is 25.0 Å². The summed E-state index contributed by atoms with van der Waals surface area (Å²) >= 11 is 0. The molecular formula is C14H21KO5S. The van der Waals surface area contributed by atoms with Gasteiger partial charge in [-0.15, -0.1) is 0 Å². The third-order valence-corrected chi connectivity index (χ3v) is 3.58. The average molecular weight is 340 g/mol. The molecule has 5 nitrogen and oxygen atoms in total. The zero-order valence-electron chi connectivity index (χ0n) is 12.9. The molecule has 1 aromatic carbocycles. The molecular weight excluding hydrogens is 319 g/mol. The smallest absolute Gasteiger partial charge is 0.744 e. The Hall–Kier alpha value is 0.366. The summed E-state index contributed by atoms with van der Waals surface area (Å²) in [6.07, 6.45) is 3.63. The number of benzene rings is 1. The Kier molecular flexibility index (Phi) is 11.2. The maximum Gasteiger partial charge on any atom is 1.00 e. The van der Waals surface area contributed by atoms with E-state index in [1.54, 1.807) is 0 Å². The van der Waals surface area contributed by atoms with Gasteiger partial charge in [0.2, 0.25) is 0 Å². The van der Waals surface area contributed by atoms with Crippen molar-refractivity contribution in [1.82, 2.24) is 0 Å². The first-order valence-corrected chi connectivity index (χ1v) is 8.25. The van der Waals surface area contributed by atoms with Gasteiger partial charge in [0, 0.05) is 6.07 Å². The summed E-state index contributed by atoms with van der Waals surface area (Å²) in [5, 5.41) is 0. The molecule has 0 radical (unpaired) electrons. The largest absolute Gasteiger partial charge is 1.00 e. The summed E-state index contributed by atoms with van der Waals surface area (Å²) in [7, 11) is -4.54. The van der Waals surface area contributed by atoms with Crippen molar-refractivity contribution in [3.05, 3.63) is 18.2 Å². The van der Waals surface area contributed by atoms with Gasteiger partial charge in [-0.1, -0.05) is 26.7 Å². The summed E-state index contributed by atoms with van der Waals surface area (Å²) in [5.41, 5.74) is 0. The third kappa shape index (κ3) is 7.97. The Morgan fingerprint density at radius 1 is 1.05 bits per heavy atom.